The molecule has 1 heterocycles. The van der Waals surface area contributed by atoms with Gasteiger partial charge in [0.2, 0.25) is 0 Å². The van der Waals surface area contributed by atoms with E-state index in [-0.39, 0.29) is 5.56 Å². The molecular weight excluding hydrogens is 351 g/mol. The molecule has 4 nitrogen and oxygen atoms in total. The first kappa shape index (κ1) is 18.1. The summed E-state index contributed by atoms with van der Waals surface area (Å²) in [6.07, 6.45) is 0.809. The highest BCUT2D eigenvalue weighted by molar-refractivity contribution is 7.09. The predicted octanol–water partition coefficient (Wildman–Crippen LogP) is 4.20. The Bertz CT molecular complexity index is 1000. The molecule has 3 rings (SSSR count). The maximum absolute atomic E-state index is 13.8. The van der Waals surface area contributed by atoms with Crippen molar-refractivity contribution in [1.29, 1.82) is 0 Å². The summed E-state index contributed by atoms with van der Waals surface area (Å²) in [4.78, 5) is 18.2. The fourth-order valence-corrected chi connectivity index (χ4v) is 3.81. The maximum atomic E-state index is 13.8. The van der Waals surface area contributed by atoms with Crippen molar-refractivity contribution in [1.82, 2.24) is 4.57 Å². The number of aromatic nitrogens is 1. The molecule has 26 heavy (non-hydrogen) atoms. The van der Waals surface area contributed by atoms with E-state index < -0.39 is 11.7 Å². The highest BCUT2D eigenvalue weighted by atomic mass is 32.1. The van der Waals surface area contributed by atoms with E-state index in [0.29, 0.717) is 4.80 Å². The van der Waals surface area contributed by atoms with Crippen molar-refractivity contribution in [2.45, 2.75) is 13.3 Å². The summed E-state index contributed by atoms with van der Waals surface area (Å²) < 4.78 is 20.9. The van der Waals surface area contributed by atoms with Crippen LogP contribution in [0.3, 0.4) is 0 Å². The van der Waals surface area contributed by atoms with Crippen LogP contribution in [0.1, 0.15) is 22.2 Å². The fraction of sp³-hybridized carbons (Fsp3) is 0.200. The van der Waals surface area contributed by atoms with Crippen LogP contribution in [0.2, 0.25) is 0 Å². The molecule has 0 spiro atoms. The van der Waals surface area contributed by atoms with Gasteiger partial charge in [-0.3, -0.25) is 4.79 Å². The number of aryl methyl sites for hydroxylation is 1. The number of hydrogen-bond donors (Lipinski definition) is 0. The fourth-order valence-electron chi connectivity index (χ4n) is 2.73. The molecule has 1 amide bonds. The van der Waals surface area contributed by atoms with Gasteiger partial charge in [0.05, 0.1) is 18.4 Å². The zero-order valence-electron chi connectivity index (χ0n) is 14.8. The molecule has 0 N–H and O–H groups in total. The van der Waals surface area contributed by atoms with Gasteiger partial charge < -0.3 is 9.30 Å². The van der Waals surface area contributed by atoms with E-state index in [1.165, 1.54) is 23.5 Å². The van der Waals surface area contributed by atoms with Crippen molar-refractivity contribution in [3.05, 3.63) is 69.6 Å². The van der Waals surface area contributed by atoms with Crippen molar-refractivity contribution in [3.8, 4) is 17.0 Å². The van der Waals surface area contributed by atoms with Crippen LogP contribution in [0, 0.1) is 5.82 Å². The predicted molar refractivity (Wildman–Crippen MR) is 101 cm³/mol. The molecule has 0 saturated heterocycles. The first-order chi connectivity index (χ1) is 12.5. The van der Waals surface area contributed by atoms with E-state index in [2.05, 4.69) is 11.9 Å². The molecule has 0 radical (unpaired) electrons. The Kier molecular flexibility index (Phi) is 5.32. The normalized spacial score (nSPS) is 11.6. The second-order valence-corrected chi connectivity index (χ2v) is 6.76. The summed E-state index contributed by atoms with van der Waals surface area (Å²) in [7, 11) is 3.49. The van der Waals surface area contributed by atoms with Gasteiger partial charge in [-0.2, -0.15) is 4.99 Å². The first-order valence-corrected chi connectivity index (χ1v) is 9.03. The van der Waals surface area contributed by atoms with Crippen LogP contribution in [0.25, 0.3) is 11.3 Å². The minimum absolute atomic E-state index is 0.0232. The summed E-state index contributed by atoms with van der Waals surface area (Å²) in [6.45, 7) is 2.06. The largest absolute Gasteiger partial charge is 0.497 e. The Hall–Kier alpha value is -2.73. The molecule has 0 aliphatic rings. The zero-order chi connectivity index (χ0) is 18.7. The lowest BCUT2D eigenvalue weighted by Gasteiger charge is -2.07. The van der Waals surface area contributed by atoms with Gasteiger partial charge in [0, 0.05) is 11.9 Å². The van der Waals surface area contributed by atoms with Crippen molar-refractivity contribution in [2.75, 3.05) is 7.11 Å². The standard InChI is InChI=1S/C20H19FN2O2S/c1-4-17-18(13-9-11-14(25-3)12-10-13)23(2)20(26-17)22-19(24)15-7-5-6-8-16(15)21/h5-12H,4H2,1-3H3. The average molecular weight is 370 g/mol. The van der Waals surface area contributed by atoms with E-state index in [9.17, 15) is 9.18 Å². The van der Waals surface area contributed by atoms with Crippen LogP contribution in [0.4, 0.5) is 4.39 Å². The number of halogens is 1. The van der Waals surface area contributed by atoms with Crippen molar-refractivity contribution in [3.63, 3.8) is 0 Å². The van der Waals surface area contributed by atoms with Gasteiger partial charge in [-0.05, 0) is 48.4 Å². The second-order valence-electron chi connectivity index (χ2n) is 5.69. The summed E-state index contributed by atoms with van der Waals surface area (Å²) in [5.74, 6) is -0.361. The third kappa shape index (κ3) is 3.46. The molecule has 1 aromatic heterocycles. The number of benzene rings is 2. The second kappa shape index (κ2) is 7.66. The zero-order valence-corrected chi connectivity index (χ0v) is 15.6. The van der Waals surface area contributed by atoms with Gasteiger partial charge in [-0.15, -0.1) is 11.3 Å². The van der Waals surface area contributed by atoms with E-state index in [1.807, 2.05) is 35.9 Å². The summed E-state index contributed by atoms with van der Waals surface area (Å²) >= 11 is 1.44. The third-order valence-electron chi connectivity index (χ3n) is 4.09. The molecule has 6 heteroatoms. The van der Waals surface area contributed by atoms with Crippen molar-refractivity contribution < 1.29 is 13.9 Å². The lowest BCUT2D eigenvalue weighted by Crippen LogP contribution is -2.15. The number of methoxy groups -OCH3 is 1. The number of nitrogens with zero attached hydrogens (tertiary/aromatic N) is 2. The molecule has 0 bridgehead atoms. The number of ether oxygens (including phenoxy) is 1. The Morgan fingerprint density at radius 2 is 1.88 bits per heavy atom. The van der Waals surface area contributed by atoms with Gasteiger partial charge in [0.15, 0.2) is 4.80 Å². The number of rotatable bonds is 4. The summed E-state index contributed by atoms with van der Waals surface area (Å²) in [6, 6.07) is 13.6. The molecule has 2 aromatic carbocycles. The van der Waals surface area contributed by atoms with Gasteiger partial charge in [-0.25, -0.2) is 4.39 Å². The van der Waals surface area contributed by atoms with E-state index in [4.69, 9.17) is 4.74 Å². The number of hydrogen-bond acceptors (Lipinski definition) is 3. The maximum Gasteiger partial charge on any atom is 0.282 e. The molecular formula is C20H19FN2O2S. The smallest absolute Gasteiger partial charge is 0.282 e. The van der Waals surface area contributed by atoms with Crippen LogP contribution >= 0.6 is 11.3 Å². The van der Waals surface area contributed by atoms with Crippen LogP contribution in [-0.2, 0) is 13.5 Å². The van der Waals surface area contributed by atoms with Crippen LogP contribution in [-0.4, -0.2) is 17.6 Å². The van der Waals surface area contributed by atoms with E-state index in [1.54, 1.807) is 19.2 Å². The number of amides is 1. The lowest BCUT2D eigenvalue weighted by atomic mass is 10.1. The van der Waals surface area contributed by atoms with Crippen LogP contribution < -0.4 is 9.54 Å². The minimum atomic E-state index is -0.580. The van der Waals surface area contributed by atoms with Gasteiger partial charge >= 0.3 is 0 Å². The molecule has 3 aromatic rings. The van der Waals surface area contributed by atoms with Crippen molar-refractivity contribution in [2.24, 2.45) is 12.0 Å². The Labute approximate surface area is 155 Å². The molecule has 0 atom stereocenters. The quantitative estimate of drug-likeness (QED) is 0.691. The summed E-state index contributed by atoms with van der Waals surface area (Å²) in [5, 5.41) is 0. The molecule has 134 valence electrons. The van der Waals surface area contributed by atoms with Crippen molar-refractivity contribution >= 4 is 17.2 Å². The Balaban J connectivity index is 2.08. The summed E-state index contributed by atoms with van der Waals surface area (Å²) in [5.41, 5.74) is 1.99. The highest BCUT2D eigenvalue weighted by Crippen LogP contribution is 2.27. The third-order valence-corrected chi connectivity index (χ3v) is 5.36. The first-order valence-electron chi connectivity index (χ1n) is 8.21. The topological polar surface area (TPSA) is 43.6 Å². The molecule has 0 unspecified atom stereocenters. The Morgan fingerprint density at radius 3 is 2.50 bits per heavy atom. The molecule has 0 aliphatic heterocycles. The van der Waals surface area contributed by atoms with Gasteiger partial charge in [0.1, 0.15) is 11.6 Å². The van der Waals surface area contributed by atoms with Gasteiger partial charge in [0.25, 0.3) is 5.91 Å². The number of carbonyl (C=O) groups is 1. The molecule has 0 saturated carbocycles. The van der Waals surface area contributed by atoms with Crippen LogP contribution in [0.5, 0.6) is 5.75 Å². The number of carbonyl (C=O) groups excluding carboxylic acids is 1. The van der Waals surface area contributed by atoms with Gasteiger partial charge in [-0.1, -0.05) is 19.1 Å². The SMILES string of the molecule is CCc1sc(=NC(=O)c2ccccc2F)n(C)c1-c1ccc(OC)cc1. The highest BCUT2D eigenvalue weighted by Gasteiger charge is 2.15. The Morgan fingerprint density at radius 1 is 1.19 bits per heavy atom. The van der Waals surface area contributed by atoms with E-state index in [0.717, 1.165) is 28.3 Å². The molecule has 0 fully saturated rings. The monoisotopic (exact) mass is 370 g/mol. The van der Waals surface area contributed by atoms with E-state index >= 15 is 0 Å². The number of thiazole rings is 1. The average Bonchev–Trinajstić information content (AvgIpc) is 2.97. The lowest BCUT2D eigenvalue weighted by molar-refractivity contribution is 0.0994. The van der Waals surface area contributed by atoms with Crippen LogP contribution in [0.15, 0.2) is 53.5 Å². The molecule has 0 aliphatic carbocycles. The minimum Gasteiger partial charge on any atom is -0.497 e.